The number of rotatable bonds is 8. The van der Waals surface area contributed by atoms with Gasteiger partial charge in [-0.3, -0.25) is 4.79 Å². The molecule has 2 amide bonds. The first-order valence-electron chi connectivity index (χ1n) is 7.79. The Morgan fingerprint density at radius 2 is 1.62 bits per heavy atom. The SMILES string of the molecule is NC(=O)N[C@H](CC(=O)OCCSc1ccc(Cl)cc1)c1ccc(Cl)cc1. The van der Waals surface area contributed by atoms with Gasteiger partial charge in [-0.25, -0.2) is 4.79 Å². The summed E-state index contributed by atoms with van der Waals surface area (Å²) in [5.74, 6) is 0.192. The number of amides is 2. The summed E-state index contributed by atoms with van der Waals surface area (Å²) in [4.78, 5) is 24.3. The number of esters is 1. The van der Waals surface area contributed by atoms with Gasteiger partial charge in [-0.2, -0.15) is 0 Å². The average molecular weight is 413 g/mol. The molecule has 0 fully saturated rings. The molecule has 5 nitrogen and oxygen atoms in total. The number of nitrogens with two attached hydrogens (primary N) is 1. The van der Waals surface area contributed by atoms with Gasteiger partial charge in [-0.1, -0.05) is 35.3 Å². The first kappa shape index (κ1) is 20.4. The lowest BCUT2D eigenvalue weighted by Gasteiger charge is -2.17. The summed E-state index contributed by atoms with van der Waals surface area (Å²) in [6, 6.07) is 13.0. The molecule has 3 N–H and O–H groups in total. The standard InChI is InChI=1S/C18H18Cl2N2O3S/c19-13-3-1-12(2-4-13)16(22-18(21)24)11-17(23)25-9-10-26-15-7-5-14(20)6-8-15/h1-8,16H,9-11H2,(H3,21,22,24)/t16-/m1/s1. The molecule has 0 aliphatic rings. The number of urea groups is 1. The molecule has 0 aliphatic carbocycles. The van der Waals surface area contributed by atoms with Crippen molar-refractivity contribution < 1.29 is 14.3 Å². The van der Waals surface area contributed by atoms with Gasteiger partial charge in [-0.05, 0) is 42.0 Å². The number of nitrogens with one attached hydrogen (secondary N) is 1. The molecule has 0 radical (unpaired) electrons. The van der Waals surface area contributed by atoms with E-state index in [1.54, 1.807) is 36.0 Å². The molecule has 2 aromatic carbocycles. The first-order valence-corrected chi connectivity index (χ1v) is 9.53. The second-order valence-electron chi connectivity index (χ2n) is 5.34. The van der Waals surface area contributed by atoms with E-state index in [0.717, 1.165) is 10.5 Å². The number of hydrogen-bond acceptors (Lipinski definition) is 4. The van der Waals surface area contributed by atoms with Crippen LogP contribution in [0.15, 0.2) is 53.4 Å². The Morgan fingerprint density at radius 1 is 1.04 bits per heavy atom. The van der Waals surface area contributed by atoms with Crippen molar-refractivity contribution in [2.75, 3.05) is 12.4 Å². The number of benzene rings is 2. The molecule has 0 unspecified atom stereocenters. The number of hydrogen-bond donors (Lipinski definition) is 2. The monoisotopic (exact) mass is 412 g/mol. The van der Waals surface area contributed by atoms with Gasteiger partial charge in [0, 0.05) is 20.7 Å². The number of halogens is 2. The fraction of sp³-hybridized carbons (Fsp3) is 0.222. The van der Waals surface area contributed by atoms with E-state index in [-0.39, 0.29) is 13.0 Å². The van der Waals surface area contributed by atoms with Gasteiger partial charge < -0.3 is 15.8 Å². The van der Waals surface area contributed by atoms with Crippen molar-refractivity contribution in [3.8, 4) is 0 Å². The summed E-state index contributed by atoms with van der Waals surface area (Å²) < 4.78 is 5.24. The highest BCUT2D eigenvalue weighted by molar-refractivity contribution is 7.99. The number of ether oxygens (including phenoxy) is 1. The third-order valence-corrected chi connectivity index (χ3v) is 4.87. The second-order valence-corrected chi connectivity index (χ2v) is 7.38. The van der Waals surface area contributed by atoms with E-state index in [4.69, 9.17) is 33.7 Å². The summed E-state index contributed by atoms with van der Waals surface area (Å²) >= 11 is 13.2. The van der Waals surface area contributed by atoms with Crippen LogP contribution in [0.2, 0.25) is 10.0 Å². The minimum atomic E-state index is -0.712. The predicted molar refractivity (Wildman–Crippen MR) is 105 cm³/mol. The maximum atomic E-state index is 12.1. The smallest absolute Gasteiger partial charge is 0.312 e. The van der Waals surface area contributed by atoms with Crippen LogP contribution in [-0.2, 0) is 9.53 Å². The van der Waals surface area contributed by atoms with E-state index in [2.05, 4.69) is 5.32 Å². The summed E-state index contributed by atoms with van der Waals surface area (Å²) in [5.41, 5.74) is 5.91. The molecule has 138 valence electrons. The number of primary amides is 1. The van der Waals surface area contributed by atoms with Crippen LogP contribution in [0.25, 0.3) is 0 Å². The van der Waals surface area contributed by atoms with Crippen LogP contribution in [0.5, 0.6) is 0 Å². The Kier molecular flexibility index (Phi) is 8.09. The van der Waals surface area contributed by atoms with Crippen molar-refractivity contribution in [1.82, 2.24) is 5.32 Å². The molecular weight excluding hydrogens is 395 g/mol. The molecule has 0 saturated heterocycles. The van der Waals surface area contributed by atoms with Gasteiger partial charge in [0.05, 0.1) is 12.5 Å². The van der Waals surface area contributed by atoms with E-state index in [9.17, 15) is 9.59 Å². The molecule has 0 heterocycles. The second kappa shape index (κ2) is 10.3. The summed E-state index contributed by atoms with van der Waals surface area (Å²) in [7, 11) is 0. The Morgan fingerprint density at radius 3 is 2.19 bits per heavy atom. The molecule has 26 heavy (non-hydrogen) atoms. The van der Waals surface area contributed by atoms with Crippen molar-refractivity contribution in [3.05, 3.63) is 64.1 Å². The highest BCUT2D eigenvalue weighted by atomic mass is 35.5. The van der Waals surface area contributed by atoms with Gasteiger partial charge in [0.1, 0.15) is 6.61 Å². The molecule has 1 atom stereocenters. The lowest BCUT2D eigenvalue weighted by Crippen LogP contribution is -2.34. The molecular formula is C18H18Cl2N2O3S. The summed E-state index contributed by atoms with van der Waals surface area (Å²) in [6.45, 7) is 0.260. The fourth-order valence-corrected chi connectivity index (χ4v) is 3.17. The molecule has 8 heteroatoms. The Balaban J connectivity index is 1.81. The molecule has 0 saturated carbocycles. The topological polar surface area (TPSA) is 81.4 Å². The molecule has 0 bridgehead atoms. The zero-order chi connectivity index (χ0) is 18.9. The minimum absolute atomic E-state index is 0.0177. The lowest BCUT2D eigenvalue weighted by atomic mass is 10.0. The Bertz CT molecular complexity index is 739. The van der Waals surface area contributed by atoms with Crippen LogP contribution in [0.4, 0.5) is 4.79 Å². The maximum absolute atomic E-state index is 12.1. The van der Waals surface area contributed by atoms with E-state index < -0.39 is 18.0 Å². The molecule has 2 aromatic rings. The number of carbonyl (C=O) groups is 2. The molecule has 0 aromatic heterocycles. The van der Waals surface area contributed by atoms with Crippen LogP contribution < -0.4 is 11.1 Å². The van der Waals surface area contributed by atoms with Gasteiger partial charge in [-0.15, -0.1) is 11.8 Å². The third kappa shape index (κ3) is 7.15. The highest BCUT2D eigenvalue weighted by Crippen LogP contribution is 2.21. The van der Waals surface area contributed by atoms with Gasteiger partial charge in [0.2, 0.25) is 0 Å². The average Bonchev–Trinajstić information content (AvgIpc) is 2.60. The van der Waals surface area contributed by atoms with E-state index in [1.165, 1.54) is 0 Å². The minimum Gasteiger partial charge on any atom is -0.465 e. The third-order valence-electron chi connectivity index (χ3n) is 3.39. The van der Waals surface area contributed by atoms with Crippen LogP contribution in [0.3, 0.4) is 0 Å². The van der Waals surface area contributed by atoms with Crippen molar-refractivity contribution in [2.45, 2.75) is 17.4 Å². The molecule has 2 rings (SSSR count). The normalized spacial score (nSPS) is 11.6. The zero-order valence-corrected chi connectivity index (χ0v) is 16.1. The Labute approximate surface area is 166 Å². The van der Waals surface area contributed by atoms with Gasteiger partial charge in [0.15, 0.2) is 0 Å². The van der Waals surface area contributed by atoms with Crippen molar-refractivity contribution >= 4 is 47.0 Å². The zero-order valence-electron chi connectivity index (χ0n) is 13.8. The molecule has 0 aliphatic heterocycles. The Hall–Kier alpha value is -1.89. The number of thioether (sulfide) groups is 1. The number of carbonyl (C=O) groups excluding carboxylic acids is 2. The maximum Gasteiger partial charge on any atom is 0.312 e. The van der Waals surface area contributed by atoms with Crippen LogP contribution in [0, 0.1) is 0 Å². The predicted octanol–water partition coefficient (Wildman–Crippen LogP) is 4.43. The fourth-order valence-electron chi connectivity index (χ4n) is 2.19. The first-order chi connectivity index (χ1) is 12.4. The van der Waals surface area contributed by atoms with Gasteiger partial charge >= 0.3 is 12.0 Å². The summed E-state index contributed by atoms with van der Waals surface area (Å²) in [5, 5.41) is 3.79. The summed E-state index contributed by atoms with van der Waals surface area (Å²) in [6.07, 6.45) is -0.0177. The molecule has 0 spiro atoms. The van der Waals surface area contributed by atoms with E-state index in [0.29, 0.717) is 15.8 Å². The van der Waals surface area contributed by atoms with Gasteiger partial charge in [0.25, 0.3) is 0 Å². The van der Waals surface area contributed by atoms with Crippen molar-refractivity contribution in [3.63, 3.8) is 0 Å². The van der Waals surface area contributed by atoms with E-state index >= 15 is 0 Å². The highest BCUT2D eigenvalue weighted by Gasteiger charge is 2.18. The van der Waals surface area contributed by atoms with Crippen molar-refractivity contribution in [1.29, 1.82) is 0 Å². The lowest BCUT2D eigenvalue weighted by molar-refractivity contribution is -0.143. The van der Waals surface area contributed by atoms with Crippen LogP contribution in [0.1, 0.15) is 18.0 Å². The van der Waals surface area contributed by atoms with Crippen LogP contribution >= 0.6 is 35.0 Å². The van der Waals surface area contributed by atoms with Crippen molar-refractivity contribution in [2.24, 2.45) is 5.73 Å². The largest absolute Gasteiger partial charge is 0.465 e. The van der Waals surface area contributed by atoms with Crippen LogP contribution in [-0.4, -0.2) is 24.4 Å². The van der Waals surface area contributed by atoms with E-state index in [1.807, 2.05) is 24.3 Å². The quantitative estimate of drug-likeness (QED) is 0.381.